The zero-order valence-electron chi connectivity index (χ0n) is 10.9. The molecule has 0 saturated carbocycles. The third kappa shape index (κ3) is 3.21. The van der Waals surface area contributed by atoms with Crippen molar-refractivity contribution in [2.24, 2.45) is 0 Å². The van der Waals surface area contributed by atoms with Gasteiger partial charge in [0.25, 0.3) is 0 Å². The molecule has 1 aromatic rings. The van der Waals surface area contributed by atoms with Gasteiger partial charge < -0.3 is 19.9 Å². The number of fused-ring (bicyclic) bond motifs is 1. The summed E-state index contributed by atoms with van der Waals surface area (Å²) in [5.41, 5.74) is 3.24. The monoisotopic (exact) mass is 297 g/mol. The minimum atomic E-state index is -1.09. The molecule has 108 valence electrons. The van der Waals surface area contributed by atoms with Gasteiger partial charge in [-0.05, 0) is 30.8 Å². The fourth-order valence-corrected chi connectivity index (χ4v) is 1.94. The highest BCUT2D eigenvalue weighted by Crippen LogP contribution is 2.38. The molecule has 0 bridgehead atoms. The fraction of sp³-hybridized carbons (Fsp3) is 0.333. The van der Waals surface area contributed by atoms with Crippen molar-refractivity contribution in [1.82, 2.24) is 10.4 Å². The number of hydrogen-bond acceptors (Lipinski definition) is 4. The molecule has 0 unspecified atom stereocenters. The maximum atomic E-state index is 11.0. The van der Waals surface area contributed by atoms with Gasteiger partial charge in [-0.1, -0.05) is 13.0 Å². The highest BCUT2D eigenvalue weighted by molar-refractivity contribution is 7.80. The first-order chi connectivity index (χ1) is 9.61. The normalized spacial score (nSPS) is 11.8. The first-order valence-corrected chi connectivity index (χ1v) is 6.49. The Morgan fingerprint density at radius 3 is 3.00 bits per heavy atom. The number of anilines is 1. The van der Waals surface area contributed by atoms with Crippen molar-refractivity contribution in [2.45, 2.75) is 13.3 Å². The highest BCUT2D eigenvalue weighted by Gasteiger charge is 2.18. The van der Waals surface area contributed by atoms with Gasteiger partial charge in [-0.2, -0.15) is 0 Å². The number of amides is 1. The van der Waals surface area contributed by atoms with Gasteiger partial charge in [0.2, 0.25) is 6.79 Å². The Balaban J connectivity index is 2.01. The van der Waals surface area contributed by atoms with Crippen LogP contribution in [0.5, 0.6) is 11.5 Å². The van der Waals surface area contributed by atoms with E-state index in [1.54, 1.807) is 18.2 Å². The van der Waals surface area contributed by atoms with Crippen molar-refractivity contribution < 1.29 is 19.4 Å². The predicted molar refractivity (Wildman–Crippen MR) is 76.9 cm³/mol. The quantitative estimate of drug-likeness (QED) is 0.581. The number of rotatable bonds is 3. The topological polar surface area (TPSA) is 83.1 Å². The van der Waals surface area contributed by atoms with E-state index in [0.29, 0.717) is 30.2 Å². The second kappa shape index (κ2) is 6.29. The summed E-state index contributed by atoms with van der Waals surface area (Å²) in [5.74, 6) is 1.19. The largest absolute Gasteiger partial charge is 0.464 e. The number of para-hydroxylation sites is 1. The Morgan fingerprint density at radius 2 is 2.30 bits per heavy atom. The lowest BCUT2D eigenvalue weighted by Crippen LogP contribution is -2.47. The molecule has 1 aliphatic rings. The Morgan fingerprint density at radius 1 is 1.50 bits per heavy atom. The van der Waals surface area contributed by atoms with Crippen molar-refractivity contribution in [1.29, 1.82) is 0 Å². The summed E-state index contributed by atoms with van der Waals surface area (Å²) in [6.07, 6.45) is -0.409. The summed E-state index contributed by atoms with van der Waals surface area (Å²) in [7, 11) is 0. The van der Waals surface area contributed by atoms with E-state index in [1.807, 2.05) is 6.92 Å². The van der Waals surface area contributed by atoms with E-state index >= 15 is 0 Å². The molecule has 0 saturated heterocycles. The Hall–Kier alpha value is -2.22. The zero-order valence-corrected chi connectivity index (χ0v) is 11.7. The van der Waals surface area contributed by atoms with Crippen molar-refractivity contribution in [3.8, 4) is 11.5 Å². The SMILES string of the molecule is CCCN(NC(=S)Nc1cccc2c1OCO2)C(=O)O. The summed E-state index contributed by atoms with van der Waals surface area (Å²) in [6, 6.07) is 5.34. The van der Waals surface area contributed by atoms with Crippen LogP contribution < -0.4 is 20.2 Å². The van der Waals surface area contributed by atoms with Crippen LogP contribution in [0.2, 0.25) is 0 Å². The van der Waals surface area contributed by atoms with Crippen LogP contribution in [-0.4, -0.2) is 34.7 Å². The predicted octanol–water partition coefficient (Wildman–Crippen LogP) is 2.01. The van der Waals surface area contributed by atoms with E-state index in [2.05, 4.69) is 10.7 Å². The Labute approximate surface area is 121 Å². The smallest absolute Gasteiger partial charge is 0.426 e. The van der Waals surface area contributed by atoms with E-state index < -0.39 is 6.09 Å². The lowest BCUT2D eigenvalue weighted by atomic mass is 10.3. The molecule has 1 aliphatic heterocycles. The molecule has 3 N–H and O–H groups in total. The zero-order chi connectivity index (χ0) is 14.5. The van der Waals surface area contributed by atoms with Gasteiger partial charge in [0.15, 0.2) is 16.6 Å². The second-order valence-electron chi connectivity index (χ2n) is 4.04. The molecule has 2 rings (SSSR count). The molecule has 1 heterocycles. The van der Waals surface area contributed by atoms with E-state index in [1.165, 1.54) is 0 Å². The van der Waals surface area contributed by atoms with Crippen molar-refractivity contribution in [3.05, 3.63) is 18.2 Å². The standard InChI is InChI=1S/C12H15N3O4S/c1-2-6-15(12(16)17)14-11(20)13-8-4-3-5-9-10(8)19-7-18-9/h3-5H,2,6-7H2,1H3,(H,16,17)(H2,13,14,20). The minimum Gasteiger partial charge on any atom is -0.464 e. The maximum Gasteiger partial charge on any atom is 0.426 e. The first-order valence-electron chi connectivity index (χ1n) is 6.08. The first kappa shape index (κ1) is 14.2. The number of carbonyl (C=O) groups is 1. The minimum absolute atomic E-state index is 0.158. The third-order valence-corrected chi connectivity index (χ3v) is 2.75. The average molecular weight is 297 g/mol. The van der Waals surface area contributed by atoms with Gasteiger partial charge in [-0.15, -0.1) is 0 Å². The lowest BCUT2D eigenvalue weighted by molar-refractivity contribution is 0.134. The van der Waals surface area contributed by atoms with Crippen LogP contribution >= 0.6 is 12.2 Å². The van der Waals surface area contributed by atoms with Crippen LogP contribution in [-0.2, 0) is 0 Å². The molecule has 7 nitrogen and oxygen atoms in total. The molecule has 8 heteroatoms. The van der Waals surface area contributed by atoms with Crippen LogP contribution in [0.4, 0.5) is 10.5 Å². The van der Waals surface area contributed by atoms with Gasteiger partial charge in [0, 0.05) is 6.54 Å². The molecular formula is C12H15N3O4S. The number of thiocarbonyl (C=S) groups is 1. The number of benzene rings is 1. The van der Waals surface area contributed by atoms with E-state index in [4.69, 9.17) is 26.8 Å². The number of nitrogens with one attached hydrogen (secondary N) is 2. The number of hydrazine groups is 1. The molecule has 0 radical (unpaired) electrons. The summed E-state index contributed by atoms with van der Waals surface area (Å²) in [4.78, 5) is 11.0. The highest BCUT2D eigenvalue weighted by atomic mass is 32.1. The van der Waals surface area contributed by atoms with Gasteiger partial charge in [0.05, 0.1) is 5.69 Å². The molecule has 0 atom stereocenters. The maximum absolute atomic E-state index is 11.0. The van der Waals surface area contributed by atoms with Crippen LogP contribution in [0.15, 0.2) is 18.2 Å². The second-order valence-corrected chi connectivity index (χ2v) is 4.45. The summed E-state index contributed by atoms with van der Waals surface area (Å²) >= 11 is 5.09. The number of ether oxygens (including phenoxy) is 2. The van der Waals surface area contributed by atoms with Gasteiger partial charge >= 0.3 is 6.09 Å². The lowest BCUT2D eigenvalue weighted by Gasteiger charge is -2.21. The van der Waals surface area contributed by atoms with Crippen molar-refractivity contribution >= 4 is 29.1 Å². The molecule has 0 spiro atoms. The summed E-state index contributed by atoms with van der Waals surface area (Å²) in [6.45, 7) is 2.37. The van der Waals surface area contributed by atoms with Crippen LogP contribution in [0.25, 0.3) is 0 Å². The molecule has 20 heavy (non-hydrogen) atoms. The van der Waals surface area contributed by atoms with Gasteiger partial charge in [0.1, 0.15) is 0 Å². The number of nitrogens with zero attached hydrogens (tertiary/aromatic N) is 1. The van der Waals surface area contributed by atoms with Crippen LogP contribution in [0.1, 0.15) is 13.3 Å². The van der Waals surface area contributed by atoms with Crippen LogP contribution in [0, 0.1) is 0 Å². The Kier molecular flexibility index (Phi) is 4.46. The molecule has 0 fully saturated rings. The van der Waals surface area contributed by atoms with E-state index in [0.717, 1.165) is 5.01 Å². The Bertz CT molecular complexity index is 523. The average Bonchev–Trinajstić information content (AvgIpc) is 2.87. The van der Waals surface area contributed by atoms with E-state index in [-0.39, 0.29) is 11.9 Å². The molecule has 1 amide bonds. The van der Waals surface area contributed by atoms with Crippen LogP contribution in [0.3, 0.4) is 0 Å². The van der Waals surface area contributed by atoms with Crippen molar-refractivity contribution in [3.63, 3.8) is 0 Å². The molecule has 0 aliphatic carbocycles. The summed E-state index contributed by atoms with van der Waals surface area (Å²) < 4.78 is 10.6. The molecule has 0 aromatic heterocycles. The molecule has 1 aromatic carbocycles. The third-order valence-electron chi connectivity index (χ3n) is 2.56. The molecular weight excluding hydrogens is 282 g/mol. The van der Waals surface area contributed by atoms with Crippen molar-refractivity contribution in [2.75, 3.05) is 18.7 Å². The number of hydrogen-bond donors (Lipinski definition) is 3. The number of carboxylic acid groups (broad SMARTS) is 1. The van der Waals surface area contributed by atoms with Gasteiger partial charge in [-0.3, -0.25) is 5.43 Å². The fourth-order valence-electron chi connectivity index (χ4n) is 1.72. The summed E-state index contributed by atoms with van der Waals surface area (Å²) in [5, 5.41) is 13.1. The van der Waals surface area contributed by atoms with Gasteiger partial charge in [-0.25, -0.2) is 9.80 Å². The van der Waals surface area contributed by atoms with E-state index in [9.17, 15) is 4.79 Å².